The molecule has 0 unspecified atom stereocenters. The van der Waals surface area contributed by atoms with E-state index >= 15 is 0 Å². The molecule has 0 atom stereocenters. The van der Waals surface area contributed by atoms with Gasteiger partial charge in [0, 0.05) is 18.3 Å². The van der Waals surface area contributed by atoms with Crippen molar-refractivity contribution in [1.82, 2.24) is 4.98 Å². The van der Waals surface area contributed by atoms with Crippen molar-refractivity contribution in [2.45, 2.75) is 6.18 Å². The summed E-state index contributed by atoms with van der Waals surface area (Å²) in [6.07, 6.45) is -3.22. The molecule has 0 aromatic carbocycles. The molecule has 1 rings (SSSR count). The molecule has 106 valence electrons. The Hall–Kier alpha value is -2.03. The summed E-state index contributed by atoms with van der Waals surface area (Å²) in [7, 11) is 0. The Morgan fingerprint density at radius 3 is 2.53 bits per heavy atom. The number of alkyl halides is 3. The maximum Gasteiger partial charge on any atom is 0.405 e. The lowest BCUT2D eigenvalue weighted by Crippen LogP contribution is -2.36. The van der Waals surface area contributed by atoms with Gasteiger partial charge in [0.05, 0.1) is 6.61 Å². The lowest BCUT2D eigenvalue weighted by Gasteiger charge is -2.24. The van der Waals surface area contributed by atoms with Crippen LogP contribution in [0.15, 0.2) is 23.5 Å². The van der Waals surface area contributed by atoms with Crippen LogP contribution in [0.4, 0.5) is 19.0 Å². The van der Waals surface area contributed by atoms with Gasteiger partial charge in [-0.25, -0.2) is 4.98 Å². The summed E-state index contributed by atoms with van der Waals surface area (Å²) < 4.78 is 37.1. The lowest BCUT2D eigenvalue weighted by molar-refractivity contribution is -0.120. The fraction of sp³-hybridized carbons (Fsp3) is 0.400. The summed E-state index contributed by atoms with van der Waals surface area (Å²) in [4.78, 5) is 4.68. The van der Waals surface area contributed by atoms with E-state index in [4.69, 9.17) is 16.0 Å². The first kappa shape index (κ1) is 15.0. The van der Waals surface area contributed by atoms with Crippen LogP contribution in [0, 0.1) is 0 Å². The van der Waals surface area contributed by atoms with E-state index in [1.807, 2.05) is 0 Å². The summed E-state index contributed by atoms with van der Waals surface area (Å²) in [5, 5.41) is 20.0. The van der Waals surface area contributed by atoms with Gasteiger partial charge in [-0.05, 0) is 12.1 Å². The number of oxime groups is 1. The van der Waals surface area contributed by atoms with Crippen molar-refractivity contribution >= 4 is 11.7 Å². The molecule has 0 saturated carbocycles. The number of aliphatic hydroxyl groups excluding tert-OH is 1. The number of hydrogen-bond donors (Lipinski definition) is 3. The first-order chi connectivity index (χ1) is 8.87. The number of nitrogens with zero attached hydrogens (tertiary/aromatic N) is 3. The van der Waals surface area contributed by atoms with Gasteiger partial charge in [0.25, 0.3) is 0 Å². The molecule has 6 nitrogen and oxygen atoms in total. The van der Waals surface area contributed by atoms with E-state index < -0.39 is 19.3 Å². The molecule has 1 aromatic heterocycles. The maximum absolute atomic E-state index is 12.4. The average Bonchev–Trinajstić information content (AvgIpc) is 2.36. The van der Waals surface area contributed by atoms with E-state index in [1.165, 1.54) is 18.3 Å². The second-order valence-corrected chi connectivity index (χ2v) is 3.65. The minimum atomic E-state index is -4.40. The van der Waals surface area contributed by atoms with E-state index in [9.17, 15) is 13.2 Å². The SMILES string of the molecule is N/C(=N/O)c1ccc(N(CCO)CC(F)(F)F)nc1. The normalized spacial score (nSPS) is 12.5. The summed E-state index contributed by atoms with van der Waals surface area (Å²) in [6, 6.07) is 2.67. The smallest absolute Gasteiger partial charge is 0.405 e. The second-order valence-electron chi connectivity index (χ2n) is 3.65. The molecular weight excluding hydrogens is 265 g/mol. The minimum absolute atomic E-state index is 0.0425. The fourth-order valence-electron chi connectivity index (χ4n) is 1.39. The van der Waals surface area contributed by atoms with Crippen molar-refractivity contribution in [3.05, 3.63) is 23.9 Å². The lowest BCUT2D eigenvalue weighted by atomic mass is 10.2. The monoisotopic (exact) mass is 278 g/mol. The van der Waals surface area contributed by atoms with E-state index in [1.54, 1.807) is 0 Å². The molecule has 0 radical (unpaired) electrons. The Morgan fingerprint density at radius 2 is 2.11 bits per heavy atom. The van der Waals surface area contributed by atoms with Crippen LogP contribution in [0.3, 0.4) is 0 Å². The Bertz CT molecular complexity index is 433. The average molecular weight is 278 g/mol. The molecular formula is C10H13F3N4O2. The van der Waals surface area contributed by atoms with Gasteiger partial charge in [-0.15, -0.1) is 0 Å². The molecule has 0 spiro atoms. The molecule has 0 aliphatic heterocycles. The third kappa shape index (κ3) is 4.62. The van der Waals surface area contributed by atoms with Crippen molar-refractivity contribution in [3.8, 4) is 0 Å². The molecule has 1 heterocycles. The highest BCUT2D eigenvalue weighted by Crippen LogP contribution is 2.20. The molecule has 0 saturated heterocycles. The largest absolute Gasteiger partial charge is 0.409 e. The summed E-state index contributed by atoms with van der Waals surface area (Å²) in [6.45, 7) is -1.85. The van der Waals surface area contributed by atoms with Crippen LogP contribution < -0.4 is 10.6 Å². The van der Waals surface area contributed by atoms with Crippen molar-refractivity contribution in [2.24, 2.45) is 10.9 Å². The van der Waals surface area contributed by atoms with Gasteiger partial charge in [0.1, 0.15) is 12.4 Å². The van der Waals surface area contributed by atoms with E-state index in [-0.39, 0.29) is 23.8 Å². The first-order valence-electron chi connectivity index (χ1n) is 5.24. The van der Waals surface area contributed by atoms with Crippen LogP contribution in [0.1, 0.15) is 5.56 Å². The van der Waals surface area contributed by atoms with Crippen LogP contribution in [-0.2, 0) is 0 Å². The third-order valence-electron chi connectivity index (χ3n) is 2.22. The Kier molecular flexibility index (Phi) is 4.93. The van der Waals surface area contributed by atoms with E-state index in [2.05, 4.69) is 10.1 Å². The van der Waals surface area contributed by atoms with Crippen LogP contribution in [-0.4, -0.2) is 47.0 Å². The van der Waals surface area contributed by atoms with Crippen LogP contribution in [0.25, 0.3) is 0 Å². The highest BCUT2D eigenvalue weighted by molar-refractivity contribution is 5.96. The molecule has 0 amide bonds. The highest BCUT2D eigenvalue weighted by atomic mass is 19.4. The number of rotatable bonds is 5. The number of aromatic nitrogens is 1. The Labute approximate surface area is 107 Å². The van der Waals surface area contributed by atoms with Gasteiger partial charge < -0.3 is 20.9 Å². The number of pyridine rings is 1. The van der Waals surface area contributed by atoms with Gasteiger partial charge in [0.2, 0.25) is 0 Å². The van der Waals surface area contributed by atoms with E-state index in [0.717, 1.165) is 4.90 Å². The summed E-state index contributed by atoms with van der Waals surface area (Å²) in [5.74, 6) is -0.149. The number of anilines is 1. The fourth-order valence-corrected chi connectivity index (χ4v) is 1.39. The van der Waals surface area contributed by atoms with Gasteiger partial charge in [0.15, 0.2) is 5.84 Å². The first-order valence-corrected chi connectivity index (χ1v) is 5.24. The Morgan fingerprint density at radius 1 is 1.42 bits per heavy atom. The third-order valence-corrected chi connectivity index (χ3v) is 2.22. The number of halogens is 3. The summed E-state index contributed by atoms with van der Waals surface area (Å²) in [5.41, 5.74) is 5.59. The van der Waals surface area contributed by atoms with Crippen molar-refractivity contribution in [1.29, 1.82) is 0 Å². The zero-order valence-corrected chi connectivity index (χ0v) is 9.80. The molecule has 0 bridgehead atoms. The van der Waals surface area contributed by atoms with Crippen LogP contribution in [0.2, 0.25) is 0 Å². The van der Waals surface area contributed by atoms with Crippen molar-refractivity contribution < 1.29 is 23.5 Å². The molecule has 1 aromatic rings. The standard InChI is InChI=1S/C10H13F3N4O2/c11-10(12,13)6-17(3-4-18)8-2-1-7(5-15-8)9(14)16-19/h1-2,5,18-19H,3-4,6H2,(H2,14,16). The number of nitrogens with two attached hydrogens (primary N) is 1. The molecule has 0 aliphatic carbocycles. The minimum Gasteiger partial charge on any atom is -0.409 e. The van der Waals surface area contributed by atoms with Crippen molar-refractivity contribution in [2.75, 3.05) is 24.6 Å². The molecule has 9 heteroatoms. The quantitative estimate of drug-likeness (QED) is 0.316. The Balaban J connectivity index is 2.91. The van der Waals surface area contributed by atoms with Gasteiger partial charge >= 0.3 is 6.18 Å². The van der Waals surface area contributed by atoms with Gasteiger partial charge in [-0.1, -0.05) is 5.16 Å². The highest BCUT2D eigenvalue weighted by Gasteiger charge is 2.31. The van der Waals surface area contributed by atoms with Crippen molar-refractivity contribution in [3.63, 3.8) is 0 Å². The number of amidine groups is 1. The predicted molar refractivity (Wildman–Crippen MR) is 62.1 cm³/mol. The molecule has 0 aliphatic rings. The van der Waals surface area contributed by atoms with Gasteiger partial charge in [-0.2, -0.15) is 13.2 Å². The summed E-state index contributed by atoms with van der Waals surface area (Å²) >= 11 is 0. The molecule has 0 fully saturated rings. The van der Waals surface area contributed by atoms with Crippen LogP contribution >= 0.6 is 0 Å². The topological polar surface area (TPSA) is 95.0 Å². The van der Waals surface area contributed by atoms with E-state index in [0.29, 0.717) is 0 Å². The van der Waals surface area contributed by atoms with Gasteiger partial charge in [-0.3, -0.25) is 0 Å². The number of aliphatic hydroxyl groups is 1. The molecule has 4 N–H and O–H groups in total. The second kappa shape index (κ2) is 6.23. The zero-order chi connectivity index (χ0) is 14.5. The molecule has 19 heavy (non-hydrogen) atoms. The predicted octanol–water partition coefficient (Wildman–Crippen LogP) is 0.537. The van der Waals surface area contributed by atoms with Crippen LogP contribution in [0.5, 0.6) is 0 Å². The number of hydrogen-bond acceptors (Lipinski definition) is 5. The maximum atomic E-state index is 12.4. The zero-order valence-electron chi connectivity index (χ0n) is 9.80.